The molecule has 0 heterocycles. The first-order valence-corrected chi connectivity index (χ1v) is 6.88. The third kappa shape index (κ3) is 7.29. The Morgan fingerprint density at radius 3 is 2.50 bits per heavy atom. The summed E-state index contributed by atoms with van der Waals surface area (Å²) in [6, 6.07) is 2.06. The molecule has 1 unspecified atom stereocenters. The lowest BCUT2D eigenvalue weighted by atomic mass is 10.1. The van der Waals surface area contributed by atoms with Crippen LogP contribution in [0.5, 0.6) is 0 Å². The van der Waals surface area contributed by atoms with Gasteiger partial charge in [-0.15, -0.1) is 0 Å². The van der Waals surface area contributed by atoms with Gasteiger partial charge in [-0.25, -0.2) is 0 Å². The van der Waals surface area contributed by atoms with Crippen molar-refractivity contribution in [3.05, 3.63) is 0 Å². The van der Waals surface area contributed by atoms with Crippen LogP contribution in [0.1, 0.15) is 40.0 Å². The van der Waals surface area contributed by atoms with Crippen molar-refractivity contribution in [2.75, 3.05) is 33.2 Å². The molecule has 0 aliphatic carbocycles. The molecule has 0 aliphatic heterocycles. The largest absolute Gasteiger partial charge is 0.345 e. The van der Waals surface area contributed by atoms with Crippen molar-refractivity contribution in [3.63, 3.8) is 0 Å². The van der Waals surface area contributed by atoms with Crippen molar-refractivity contribution < 1.29 is 4.79 Å². The zero-order valence-electron chi connectivity index (χ0n) is 12.3. The van der Waals surface area contributed by atoms with Crippen LogP contribution in [0.2, 0.25) is 0 Å². The van der Waals surface area contributed by atoms with Gasteiger partial charge in [-0.1, -0.05) is 27.2 Å². The van der Waals surface area contributed by atoms with Crippen molar-refractivity contribution in [2.45, 2.75) is 40.0 Å². The molecule has 0 saturated carbocycles. The minimum absolute atomic E-state index is 0.132. The molecule has 1 atom stereocenters. The predicted octanol–water partition coefficient (Wildman–Crippen LogP) is 2.12. The van der Waals surface area contributed by atoms with Gasteiger partial charge < -0.3 is 9.80 Å². The first-order chi connectivity index (χ1) is 8.54. The highest BCUT2D eigenvalue weighted by Crippen LogP contribution is 2.05. The molecule has 0 radical (unpaired) electrons. The van der Waals surface area contributed by atoms with Gasteiger partial charge in [-0.05, 0) is 12.5 Å². The van der Waals surface area contributed by atoms with Gasteiger partial charge in [0.1, 0.15) is 0 Å². The van der Waals surface area contributed by atoms with Gasteiger partial charge in [0.2, 0.25) is 5.91 Å². The second-order valence-corrected chi connectivity index (χ2v) is 4.88. The average Bonchev–Trinajstić information content (AvgIpc) is 2.39. The second kappa shape index (κ2) is 9.90. The topological polar surface area (TPSA) is 47.3 Å². The fourth-order valence-corrected chi connectivity index (χ4v) is 1.74. The standard InChI is InChI=1S/C14H27N3O/c1-5-13(3)12-17(6-2)11-8-14(18)16(4)10-7-9-15/h13H,5-8,10-12H2,1-4H3. The maximum atomic E-state index is 11.8. The molecule has 0 aliphatic rings. The molecule has 0 spiro atoms. The smallest absolute Gasteiger partial charge is 0.223 e. The van der Waals surface area contributed by atoms with Crippen LogP contribution >= 0.6 is 0 Å². The number of hydrogen-bond donors (Lipinski definition) is 0. The number of hydrogen-bond acceptors (Lipinski definition) is 3. The Labute approximate surface area is 112 Å². The van der Waals surface area contributed by atoms with Gasteiger partial charge in [0, 0.05) is 33.1 Å². The third-order valence-corrected chi connectivity index (χ3v) is 3.34. The molecule has 0 fully saturated rings. The molecule has 0 rings (SSSR count). The lowest BCUT2D eigenvalue weighted by molar-refractivity contribution is -0.130. The summed E-state index contributed by atoms with van der Waals surface area (Å²) in [4.78, 5) is 15.8. The molecule has 0 aromatic carbocycles. The highest BCUT2D eigenvalue weighted by atomic mass is 16.2. The number of nitriles is 1. The van der Waals surface area contributed by atoms with Gasteiger partial charge in [-0.2, -0.15) is 5.26 Å². The van der Waals surface area contributed by atoms with E-state index in [4.69, 9.17) is 5.26 Å². The molecule has 0 bridgehead atoms. The summed E-state index contributed by atoms with van der Waals surface area (Å²) in [5.41, 5.74) is 0. The van der Waals surface area contributed by atoms with E-state index in [0.717, 1.165) is 19.6 Å². The Balaban J connectivity index is 3.97. The van der Waals surface area contributed by atoms with Gasteiger partial charge in [0.05, 0.1) is 12.5 Å². The maximum absolute atomic E-state index is 11.8. The quantitative estimate of drug-likeness (QED) is 0.632. The molecule has 0 N–H and O–H groups in total. The zero-order valence-corrected chi connectivity index (χ0v) is 12.3. The molecule has 4 heteroatoms. The molecule has 0 aromatic rings. The second-order valence-electron chi connectivity index (χ2n) is 4.88. The number of carbonyl (C=O) groups is 1. The summed E-state index contributed by atoms with van der Waals surface area (Å²) in [5, 5.41) is 8.48. The SMILES string of the molecule is CCC(C)CN(CC)CCC(=O)N(C)CCC#N. The molecule has 18 heavy (non-hydrogen) atoms. The summed E-state index contributed by atoms with van der Waals surface area (Å²) in [6.45, 7) is 9.96. The van der Waals surface area contributed by atoms with Crippen LogP contribution in [0.4, 0.5) is 0 Å². The van der Waals surface area contributed by atoms with Crippen LogP contribution < -0.4 is 0 Å². The molecule has 1 amide bonds. The fraction of sp³-hybridized carbons (Fsp3) is 0.857. The van der Waals surface area contributed by atoms with Crippen LogP contribution in [-0.2, 0) is 4.79 Å². The van der Waals surface area contributed by atoms with E-state index in [9.17, 15) is 4.79 Å². The van der Waals surface area contributed by atoms with Crippen LogP contribution in [0.3, 0.4) is 0 Å². The molecule has 0 saturated heterocycles. The predicted molar refractivity (Wildman–Crippen MR) is 74.1 cm³/mol. The Bertz CT molecular complexity index is 273. The molecular weight excluding hydrogens is 226 g/mol. The van der Waals surface area contributed by atoms with Gasteiger partial charge in [-0.3, -0.25) is 4.79 Å². The van der Waals surface area contributed by atoms with Gasteiger partial charge in [0.25, 0.3) is 0 Å². The van der Waals surface area contributed by atoms with E-state index >= 15 is 0 Å². The zero-order chi connectivity index (χ0) is 14.0. The normalized spacial score (nSPS) is 12.2. The summed E-state index contributed by atoms with van der Waals surface area (Å²) >= 11 is 0. The van der Waals surface area contributed by atoms with Crippen molar-refractivity contribution in [1.29, 1.82) is 5.26 Å². The van der Waals surface area contributed by atoms with Crippen molar-refractivity contribution in [3.8, 4) is 6.07 Å². The average molecular weight is 253 g/mol. The molecule has 104 valence electrons. The van der Waals surface area contributed by atoms with Crippen molar-refractivity contribution in [2.24, 2.45) is 5.92 Å². The first kappa shape index (κ1) is 16.9. The monoisotopic (exact) mass is 253 g/mol. The van der Waals surface area contributed by atoms with Crippen molar-refractivity contribution in [1.82, 2.24) is 9.80 Å². The molecular formula is C14H27N3O. The van der Waals surface area contributed by atoms with E-state index in [1.165, 1.54) is 6.42 Å². The van der Waals surface area contributed by atoms with Crippen molar-refractivity contribution >= 4 is 5.91 Å². The minimum Gasteiger partial charge on any atom is -0.345 e. The number of amides is 1. The lowest BCUT2D eigenvalue weighted by Crippen LogP contribution is -2.34. The van der Waals surface area contributed by atoms with Crippen LogP contribution in [-0.4, -0.2) is 48.9 Å². The lowest BCUT2D eigenvalue weighted by Gasteiger charge is -2.24. The number of carbonyl (C=O) groups excluding carboxylic acids is 1. The summed E-state index contributed by atoms with van der Waals surface area (Å²) in [7, 11) is 1.77. The Kier molecular flexibility index (Phi) is 9.31. The van der Waals surface area contributed by atoms with E-state index < -0.39 is 0 Å². The van der Waals surface area contributed by atoms with E-state index in [0.29, 0.717) is 25.3 Å². The summed E-state index contributed by atoms with van der Waals surface area (Å²) in [5.74, 6) is 0.809. The Morgan fingerprint density at radius 1 is 1.33 bits per heavy atom. The first-order valence-electron chi connectivity index (χ1n) is 6.88. The van der Waals surface area contributed by atoms with Crippen LogP contribution in [0.25, 0.3) is 0 Å². The highest BCUT2D eigenvalue weighted by Gasteiger charge is 2.12. The fourth-order valence-electron chi connectivity index (χ4n) is 1.74. The molecule has 4 nitrogen and oxygen atoms in total. The van der Waals surface area contributed by atoms with E-state index in [2.05, 4.69) is 31.7 Å². The van der Waals surface area contributed by atoms with Gasteiger partial charge in [0.15, 0.2) is 0 Å². The van der Waals surface area contributed by atoms with E-state index in [1.807, 2.05) is 0 Å². The van der Waals surface area contributed by atoms with E-state index in [-0.39, 0.29) is 5.91 Å². The Morgan fingerprint density at radius 2 is 2.00 bits per heavy atom. The number of nitrogens with zero attached hydrogens (tertiary/aromatic N) is 3. The minimum atomic E-state index is 0.132. The van der Waals surface area contributed by atoms with Crippen LogP contribution in [0.15, 0.2) is 0 Å². The third-order valence-electron chi connectivity index (χ3n) is 3.34. The molecule has 0 aromatic heterocycles. The summed E-state index contributed by atoms with van der Waals surface area (Å²) in [6.07, 6.45) is 2.13. The Hall–Kier alpha value is -1.08. The number of rotatable bonds is 9. The highest BCUT2D eigenvalue weighted by molar-refractivity contribution is 5.76. The van der Waals surface area contributed by atoms with Crippen LogP contribution in [0, 0.1) is 17.2 Å². The van der Waals surface area contributed by atoms with Gasteiger partial charge >= 0.3 is 0 Å². The maximum Gasteiger partial charge on any atom is 0.223 e. The summed E-state index contributed by atoms with van der Waals surface area (Å²) < 4.78 is 0. The van der Waals surface area contributed by atoms with E-state index in [1.54, 1.807) is 11.9 Å².